The predicted molar refractivity (Wildman–Crippen MR) is 175 cm³/mol. The average Bonchev–Trinajstić information content (AvgIpc) is 3.42. The van der Waals surface area contributed by atoms with Gasteiger partial charge >= 0.3 is 0 Å². The lowest BCUT2D eigenvalue weighted by Gasteiger charge is -2.48. The second kappa shape index (κ2) is 9.68. The van der Waals surface area contributed by atoms with Crippen LogP contribution in [0.25, 0.3) is 5.57 Å². The first-order valence-corrected chi connectivity index (χ1v) is 18.6. The molecular formula is C37H50N2Si. The van der Waals surface area contributed by atoms with E-state index in [-0.39, 0.29) is 10.8 Å². The van der Waals surface area contributed by atoms with E-state index in [1.807, 2.05) is 0 Å². The van der Waals surface area contributed by atoms with Crippen LogP contribution in [-0.2, 0) is 10.8 Å². The van der Waals surface area contributed by atoms with Gasteiger partial charge in [0.05, 0.1) is 12.2 Å². The number of allylic oxidation sites excluding steroid dienone is 10. The highest BCUT2D eigenvalue weighted by molar-refractivity contribution is 6.76. The van der Waals surface area contributed by atoms with Crippen molar-refractivity contribution in [2.45, 2.75) is 96.2 Å². The maximum atomic E-state index is 4.12. The van der Waals surface area contributed by atoms with Crippen molar-refractivity contribution in [2.75, 3.05) is 0 Å². The third kappa shape index (κ3) is 4.53. The zero-order valence-electron chi connectivity index (χ0n) is 26.1. The van der Waals surface area contributed by atoms with Crippen molar-refractivity contribution >= 4 is 13.8 Å². The van der Waals surface area contributed by atoms with Crippen molar-refractivity contribution < 1.29 is 0 Å². The highest BCUT2D eigenvalue weighted by Gasteiger charge is 2.59. The molecule has 2 fully saturated rings. The number of nitrogens with zero attached hydrogens (tertiary/aromatic N) is 1. The summed E-state index contributed by atoms with van der Waals surface area (Å²) in [6.45, 7) is 21.8. The van der Waals surface area contributed by atoms with Crippen LogP contribution in [0.15, 0.2) is 85.0 Å². The van der Waals surface area contributed by atoms with E-state index in [1.54, 1.807) is 0 Å². The summed E-state index contributed by atoms with van der Waals surface area (Å²) in [5.74, 6) is 2.51. The van der Waals surface area contributed by atoms with Crippen molar-refractivity contribution in [2.24, 2.45) is 23.7 Å². The number of hydrogen-bond acceptors (Lipinski definition) is 2. The molecule has 6 rings (SSSR count). The summed E-state index contributed by atoms with van der Waals surface area (Å²) in [6, 6.07) is 8.08. The van der Waals surface area contributed by atoms with Gasteiger partial charge in [-0.05, 0) is 69.2 Å². The molecule has 0 bridgehead atoms. The van der Waals surface area contributed by atoms with Gasteiger partial charge in [0.2, 0.25) is 0 Å². The molecule has 1 N–H and O–H groups in total. The van der Waals surface area contributed by atoms with E-state index in [0.29, 0.717) is 47.5 Å². The van der Waals surface area contributed by atoms with Crippen molar-refractivity contribution in [1.29, 1.82) is 0 Å². The van der Waals surface area contributed by atoms with Crippen molar-refractivity contribution in [3.05, 3.63) is 102 Å². The number of nitrogens with one attached hydrogen (secondary N) is 1. The van der Waals surface area contributed by atoms with Crippen LogP contribution in [0.2, 0.25) is 18.6 Å². The molecule has 0 amide bonds. The van der Waals surface area contributed by atoms with Crippen LogP contribution in [0, 0.1) is 23.7 Å². The molecule has 1 saturated heterocycles. The average molecular weight is 551 g/mol. The van der Waals surface area contributed by atoms with Gasteiger partial charge in [0.1, 0.15) is 8.24 Å². The van der Waals surface area contributed by atoms with Crippen LogP contribution in [0.1, 0.15) is 65.2 Å². The molecule has 5 aliphatic rings. The van der Waals surface area contributed by atoms with Gasteiger partial charge in [-0.25, -0.2) is 0 Å². The molecule has 1 saturated carbocycles. The van der Waals surface area contributed by atoms with E-state index in [4.69, 9.17) is 0 Å². The molecule has 5 unspecified atom stereocenters. The van der Waals surface area contributed by atoms with Gasteiger partial charge in [0, 0.05) is 6.04 Å². The Balaban J connectivity index is 1.37. The summed E-state index contributed by atoms with van der Waals surface area (Å²) in [5, 5.41) is 4.12. The van der Waals surface area contributed by atoms with Crippen LogP contribution in [0.5, 0.6) is 0 Å². The van der Waals surface area contributed by atoms with Crippen LogP contribution < -0.4 is 5.32 Å². The Morgan fingerprint density at radius 1 is 0.675 bits per heavy atom. The topological polar surface area (TPSA) is 15.3 Å². The van der Waals surface area contributed by atoms with Gasteiger partial charge in [-0.3, -0.25) is 5.32 Å². The quantitative estimate of drug-likeness (QED) is 0.379. The molecule has 3 heteroatoms. The van der Waals surface area contributed by atoms with Gasteiger partial charge in [-0.15, -0.1) is 0 Å². The second-order valence-corrected chi connectivity index (χ2v) is 20.0. The van der Waals surface area contributed by atoms with Crippen LogP contribution in [-0.4, -0.2) is 31.1 Å². The van der Waals surface area contributed by atoms with Crippen molar-refractivity contribution in [1.82, 2.24) is 9.88 Å². The zero-order chi connectivity index (χ0) is 28.6. The standard InChI is InChI=1S/C37H50N2Si/c1-24-38-34-28(25-21-26(36(2,3)4)23-27(22-25)37(5,6)7)19-14-20-33(34)39(24)40(8,9)35-31-17-12-10-15-29(31)30-16-11-13-18-32(30)35/h10-24,29-35,38H,1-9H3/t24-,29?,30?,31?,32?,33+,34?,35?/m0/s1. The molecule has 0 aromatic heterocycles. The highest BCUT2D eigenvalue weighted by atomic mass is 28.3. The van der Waals surface area contributed by atoms with Crippen LogP contribution in [0.4, 0.5) is 0 Å². The maximum Gasteiger partial charge on any atom is 0.129 e. The largest absolute Gasteiger partial charge is 0.301 e. The molecule has 7 atom stereocenters. The fourth-order valence-electron chi connectivity index (χ4n) is 8.67. The minimum atomic E-state index is -1.92. The summed E-state index contributed by atoms with van der Waals surface area (Å²) in [4.78, 5) is 0. The van der Waals surface area contributed by atoms with Gasteiger partial charge in [0.15, 0.2) is 0 Å². The van der Waals surface area contributed by atoms with Crippen molar-refractivity contribution in [3.8, 4) is 0 Å². The molecular weight excluding hydrogens is 501 g/mol. The minimum Gasteiger partial charge on any atom is -0.301 e. The first-order valence-electron chi connectivity index (χ1n) is 15.6. The Morgan fingerprint density at radius 2 is 1.18 bits per heavy atom. The van der Waals surface area contributed by atoms with Crippen LogP contribution in [0.3, 0.4) is 0 Å². The SMILES string of the molecule is C[C@H]1NC2C(c3cc(C(C)(C)C)cc(C(C)(C)C)c3)=CC=C[C@H]2N1[Si](C)(C)C1C2C=CC=CC2C2C=CC=CC21. The van der Waals surface area contributed by atoms with E-state index in [0.717, 1.165) is 0 Å². The smallest absolute Gasteiger partial charge is 0.129 e. The lowest BCUT2D eigenvalue weighted by molar-refractivity contribution is 0.338. The number of rotatable bonds is 3. The maximum absolute atomic E-state index is 4.12. The Bertz CT molecular complexity index is 1270. The third-order valence-corrected chi connectivity index (χ3v) is 15.0. The van der Waals surface area contributed by atoms with E-state index in [2.05, 4.69) is 156 Å². The summed E-state index contributed by atoms with van der Waals surface area (Å²) in [7, 11) is -1.92. The van der Waals surface area contributed by atoms with Crippen LogP contribution >= 0.6 is 0 Å². The molecule has 212 valence electrons. The molecule has 0 radical (unpaired) electrons. The fraction of sp³-hybridized carbons (Fsp3) is 0.514. The zero-order valence-corrected chi connectivity index (χ0v) is 27.1. The Labute approximate surface area is 244 Å². The van der Waals surface area contributed by atoms with E-state index >= 15 is 0 Å². The highest BCUT2D eigenvalue weighted by Crippen LogP contribution is 2.59. The molecule has 1 aliphatic heterocycles. The Hall–Kier alpha value is -2.20. The normalized spacial score (nSPS) is 35.1. The second-order valence-electron chi connectivity index (χ2n) is 15.6. The first-order chi connectivity index (χ1) is 18.8. The van der Waals surface area contributed by atoms with Crippen molar-refractivity contribution in [3.63, 3.8) is 0 Å². The van der Waals surface area contributed by atoms with E-state index < -0.39 is 8.24 Å². The van der Waals surface area contributed by atoms with Gasteiger partial charge in [-0.1, -0.05) is 140 Å². The van der Waals surface area contributed by atoms with Gasteiger partial charge in [0.25, 0.3) is 0 Å². The van der Waals surface area contributed by atoms with E-state index in [9.17, 15) is 0 Å². The molecule has 1 aromatic carbocycles. The number of benzene rings is 1. The minimum absolute atomic E-state index is 0.108. The van der Waals surface area contributed by atoms with Gasteiger partial charge in [-0.2, -0.15) is 0 Å². The molecule has 40 heavy (non-hydrogen) atoms. The molecule has 4 aliphatic carbocycles. The van der Waals surface area contributed by atoms with E-state index in [1.165, 1.54) is 22.3 Å². The summed E-state index contributed by atoms with van der Waals surface area (Å²) >= 11 is 0. The Kier molecular flexibility index (Phi) is 6.76. The number of fused-ring (bicyclic) bond motifs is 4. The fourth-order valence-corrected chi connectivity index (χ4v) is 13.6. The summed E-state index contributed by atoms with van der Waals surface area (Å²) in [5.41, 5.74) is 6.60. The molecule has 2 nitrogen and oxygen atoms in total. The molecule has 1 heterocycles. The Morgan fingerprint density at radius 3 is 1.68 bits per heavy atom. The molecule has 1 aromatic rings. The molecule has 0 spiro atoms. The predicted octanol–water partition coefficient (Wildman–Crippen LogP) is 8.53. The number of hydrogen-bond donors (Lipinski definition) is 1. The monoisotopic (exact) mass is 550 g/mol. The summed E-state index contributed by atoms with van der Waals surface area (Å²) < 4.78 is 2.96. The van der Waals surface area contributed by atoms with Gasteiger partial charge < -0.3 is 4.57 Å². The third-order valence-electron chi connectivity index (χ3n) is 10.6. The summed E-state index contributed by atoms with van der Waals surface area (Å²) in [6.07, 6.45) is 26.9. The lowest BCUT2D eigenvalue weighted by Crippen LogP contribution is -2.59. The lowest BCUT2D eigenvalue weighted by atomic mass is 9.77. The first kappa shape index (κ1) is 27.9.